The second-order valence-corrected chi connectivity index (χ2v) is 8.95. The summed E-state index contributed by atoms with van der Waals surface area (Å²) in [6.45, 7) is 14.9. The zero-order valence-electron chi connectivity index (χ0n) is 14.9. The summed E-state index contributed by atoms with van der Waals surface area (Å²) >= 11 is 0. The molecule has 0 spiro atoms. The highest BCUT2D eigenvalue weighted by atomic mass is 14.5. The SMILES string of the molecule is CC1CCC(C(C)C)C([C@H]2C[C@H](C(C)C)CC[C@@H]2C)C1. The van der Waals surface area contributed by atoms with Gasteiger partial charge in [-0.05, 0) is 73.0 Å². The van der Waals surface area contributed by atoms with Gasteiger partial charge in [-0.15, -0.1) is 0 Å². The molecule has 0 bridgehead atoms. The van der Waals surface area contributed by atoms with Gasteiger partial charge in [0.05, 0.1) is 0 Å². The Morgan fingerprint density at radius 2 is 1.40 bits per heavy atom. The van der Waals surface area contributed by atoms with E-state index in [4.69, 9.17) is 0 Å². The molecule has 0 radical (unpaired) electrons. The zero-order chi connectivity index (χ0) is 14.9. The summed E-state index contributed by atoms with van der Waals surface area (Å²) in [6, 6.07) is 0. The van der Waals surface area contributed by atoms with E-state index in [9.17, 15) is 0 Å². The summed E-state index contributed by atoms with van der Waals surface area (Å²) in [5, 5.41) is 0. The van der Waals surface area contributed by atoms with Crippen LogP contribution in [0.25, 0.3) is 0 Å². The molecule has 0 aromatic carbocycles. The van der Waals surface area contributed by atoms with Crippen molar-refractivity contribution in [3.63, 3.8) is 0 Å². The summed E-state index contributed by atoms with van der Waals surface area (Å²) in [7, 11) is 0. The van der Waals surface area contributed by atoms with Crippen LogP contribution in [0.5, 0.6) is 0 Å². The van der Waals surface area contributed by atoms with Crippen molar-refractivity contribution < 1.29 is 0 Å². The van der Waals surface area contributed by atoms with E-state index >= 15 is 0 Å². The molecule has 0 N–H and O–H groups in total. The molecule has 0 heteroatoms. The Kier molecular flexibility index (Phi) is 5.60. The largest absolute Gasteiger partial charge is 0.0625 e. The first-order valence-electron chi connectivity index (χ1n) is 9.40. The second kappa shape index (κ2) is 6.84. The van der Waals surface area contributed by atoms with Crippen LogP contribution < -0.4 is 0 Å². The molecule has 0 aromatic heterocycles. The summed E-state index contributed by atoms with van der Waals surface area (Å²) in [5.74, 6) is 7.78. The van der Waals surface area contributed by atoms with E-state index in [0.717, 1.165) is 47.3 Å². The quantitative estimate of drug-likeness (QED) is 0.560. The standard InChI is InChI=1S/C20H38/c1-13(2)17-9-8-16(6)19(12-17)20-11-15(5)7-10-18(20)14(3)4/h13-20H,7-12H2,1-6H3/t15?,16-,17+,18?,19-,20?/m0/s1. The fourth-order valence-electron chi connectivity index (χ4n) is 5.36. The van der Waals surface area contributed by atoms with Crippen LogP contribution >= 0.6 is 0 Å². The molecule has 2 fully saturated rings. The lowest BCUT2D eigenvalue weighted by Crippen LogP contribution is -2.39. The number of hydrogen-bond acceptors (Lipinski definition) is 0. The molecule has 2 saturated carbocycles. The van der Waals surface area contributed by atoms with Gasteiger partial charge in [-0.25, -0.2) is 0 Å². The van der Waals surface area contributed by atoms with Crippen LogP contribution in [0.1, 0.15) is 80.1 Å². The molecule has 3 unspecified atom stereocenters. The van der Waals surface area contributed by atoms with Gasteiger partial charge in [-0.1, -0.05) is 54.4 Å². The molecule has 0 nitrogen and oxygen atoms in total. The summed E-state index contributed by atoms with van der Waals surface area (Å²) in [6.07, 6.45) is 9.00. The van der Waals surface area contributed by atoms with E-state index in [1.165, 1.54) is 38.5 Å². The molecule has 0 heterocycles. The van der Waals surface area contributed by atoms with E-state index < -0.39 is 0 Å². The predicted octanol–water partition coefficient (Wildman–Crippen LogP) is 6.40. The van der Waals surface area contributed by atoms with Crippen molar-refractivity contribution in [3.8, 4) is 0 Å². The van der Waals surface area contributed by atoms with Crippen LogP contribution in [0.3, 0.4) is 0 Å². The van der Waals surface area contributed by atoms with Crippen LogP contribution in [-0.2, 0) is 0 Å². The monoisotopic (exact) mass is 278 g/mol. The van der Waals surface area contributed by atoms with Crippen molar-refractivity contribution in [1.29, 1.82) is 0 Å². The summed E-state index contributed by atoms with van der Waals surface area (Å²) < 4.78 is 0. The van der Waals surface area contributed by atoms with E-state index in [2.05, 4.69) is 41.5 Å². The first-order valence-corrected chi connectivity index (χ1v) is 9.40. The van der Waals surface area contributed by atoms with Gasteiger partial charge in [-0.2, -0.15) is 0 Å². The minimum absolute atomic E-state index is 0.888. The van der Waals surface area contributed by atoms with Gasteiger partial charge in [-0.3, -0.25) is 0 Å². The van der Waals surface area contributed by atoms with Gasteiger partial charge in [0.15, 0.2) is 0 Å². The van der Waals surface area contributed by atoms with Gasteiger partial charge >= 0.3 is 0 Å². The fourth-order valence-corrected chi connectivity index (χ4v) is 5.36. The fraction of sp³-hybridized carbons (Fsp3) is 1.00. The third-order valence-corrected chi connectivity index (χ3v) is 6.86. The molecule has 0 aromatic rings. The second-order valence-electron chi connectivity index (χ2n) is 8.95. The maximum absolute atomic E-state index is 2.55. The van der Waals surface area contributed by atoms with Crippen molar-refractivity contribution in [2.24, 2.45) is 47.3 Å². The molecule has 0 amide bonds. The third kappa shape index (κ3) is 3.60. The topological polar surface area (TPSA) is 0 Å². The molecule has 20 heavy (non-hydrogen) atoms. The molecule has 2 aliphatic rings. The first kappa shape index (κ1) is 16.4. The van der Waals surface area contributed by atoms with Crippen LogP contribution in [0.15, 0.2) is 0 Å². The Morgan fingerprint density at radius 3 is 2.00 bits per heavy atom. The van der Waals surface area contributed by atoms with Crippen molar-refractivity contribution >= 4 is 0 Å². The van der Waals surface area contributed by atoms with Crippen molar-refractivity contribution in [2.45, 2.75) is 80.1 Å². The molecular formula is C20H38. The normalized spacial score (nSPS) is 43.2. The Hall–Kier alpha value is 0. The molecule has 118 valence electrons. The number of hydrogen-bond donors (Lipinski definition) is 0. The summed E-state index contributed by atoms with van der Waals surface area (Å²) in [4.78, 5) is 0. The van der Waals surface area contributed by atoms with Crippen LogP contribution in [0, 0.1) is 47.3 Å². The van der Waals surface area contributed by atoms with Crippen LogP contribution in [0.2, 0.25) is 0 Å². The van der Waals surface area contributed by atoms with Crippen molar-refractivity contribution in [2.75, 3.05) is 0 Å². The van der Waals surface area contributed by atoms with E-state index in [0.29, 0.717) is 0 Å². The number of rotatable bonds is 3. The predicted molar refractivity (Wildman–Crippen MR) is 89.7 cm³/mol. The van der Waals surface area contributed by atoms with E-state index in [1.807, 2.05) is 0 Å². The minimum atomic E-state index is 0.888. The molecule has 6 atom stereocenters. The third-order valence-electron chi connectivity index (χ3n) is 6.86. The van der Waals surface area contributed by atoms with Gasteiger partial charge < -0.3 is 0 Å². The molecule has 0 aliphatic heterocycles. The lowest BCUT2D eigenvalue weighted by molar-refractivity contribution is 0.0229. The van der Waals surface area contributed by atoms with Crippen LogP contribution in [0.4, 0.5) is 0 Å². The van der Waals surface area contributed by atoms with Gasteiger partial charge in [0.25, 0.3) is 0 Å². The van der Waals surface area contributed by atoms with Crippen molar-refractivity contribution in [3.05, 3.63) is 0 Å². The van der Waals surface area contributed by atoms with Gasteiger partial charge in [0.1, 0.15) is 0 Å². The Morgan fingerprint density at radius 1 is 0.700 bits per heavy atom. The van der Waals surface area contributed by atoms with Crippen molar-refractivity contribution in [1.82, 2.24) is 0 Å². The minimum Gasteiger partial charge on any atom is -0.0625 e. The van der Waals surface area contributed by atoms with Crippen LogP contribution in [-0.4, -0.2) is 0 Å². The maximum Gasteiger partial charge on any atom is -0.0350 e. The molecule has 2 rings (SSSR count). The summed E-state index contributed by atoms with van der Waals surface area (Å²) in [5.41, 5.74) is 0. The highest BCUT2D eigenvalue weighted by molar-refractivity contribution is 4.90. The average Bonchev–Trinajstić information content (AvgIpc) is 2.38. The van der Waals surface area contributed by atoms with E-state index in [-0.39, 0.29) is 0 Å². The average molecular weight is 279 g/mol. The molecule has 2 aliphatic carbocycles. The lowest BCUT2D eigenvalue weighted by Gasteiger charge is -2.47. The molecular weight excluding hydrogens is 240 g/mol. The Bertz CT molecular complexity index is 290. The zero-order valence-corrected chi connectivity index (χ0v) is 14.9. The molecule has 0 saturated heterocycles. The maximum atomic E-state index is 2.55. The lowest BCUT2D eigenvalue weighted by atomic mass is 9.58. The highest BCUT2D eigenvalue weighted by Crippen LogP contribution is 2.49. The van der Waals surface area contributed by atoms with Gasteiger partial charge in [0.2, 0.25) is 0 Å². The first-order chi connectivity index (χ1) is 9.40. The van der Waals surface area contributed by atoms with Gasteiger partial charge in [0, 0.05) is 0 Å². The Balaban J connectivity index is 2.11. The van der Waals surface area contributed by atoms with E-state index in [1.54, 1.807) is 0 Å². The Labute approximate surface area is 128 Å². The highest BCUT2D eigenvalue weighted by Gasteiger charge is 2.40. The smallest absolute Gasteiger partial charge is 0.0350 e.